The minimum atomic E-state index is -0.870. The van der Waals surface area contributed by atoms with E-state index in [1.165, 1.54) is 59.1 Å². The molecule has 0 aliphatic heterocycles. The Morgan fingerprint density at radius 1 is 0.833 bits per heavy atom. The Balaban J connectivity index is 1.93. The van der Waals surface area contributed by atoms with E-state index in [2.05, 4.69) is 46.8 Å². The average molecular weight is 403 g/mol. The molecule has 0 bridgehead atoms. The number of carboxylic acid groups (broad SMARTS) is 1. The highest BCUT2D eigenvalue weighted by atomic mass is 16.4. The first-order chi connectivity index (χ1) is 14.1. The summed E-state index contributed by atoms with van der Waals surface area (Å²) in [5, 5.41) is 9.31. The fourth-order valence-corrected chi connectivity index (χ4v) is 5.37. The molecule has 30 heavy (non-hydrogen) atoms. The molecular formula is C28H34O2. The summed E-state index contributed by atoms with van der Waals surface area (Å²) >= 11 is 0. The van der Waals surface area contributed by atoms with Crippen LogP contribution in [0.5, 0.6) is 0 Å². The van der Waals surface area contributed by atoms with E-state index in [1.54, 1.807) is 12.1 Å². The van der Waals surface area contributed by atoms with E-state index in [0.29, 0.717) is 5.56 Å². The highest BCUT2D eigenvalue weighted by Crippen LogP contribution is 2.48. The molecule has 1 fully saturated rings. The molecule has 0 saturated heterocycles. The number of benzene rings is 2. The van der Waals surface area contributed by atoms with Crippen molar-refractivity contribution in [3.8, 4) is 0 Å². The van der Waals surface area contributed by atoms with Crippen LogP contribution in [0, 0.1) is 6.92 Å². The van der Waals surface area contributed by atoms with Gasteiger partial charge in [0.2, 0.25) is 0 Å². The van der Waals surface area contributed by atoms with Crippen LogP contribution in [0.2, 0.25) is 0 Å². The maximum absolute atomic E-state index is 11.3. The molecule has 2 nitrogen and oxygen atoms in total. The second kappa shape index (κ2) is 7.41. The Hall–Kier alpha value is -2.35. The van der Waals surface area contributed by atoms with Gasteiger partial charge in [-0.15, -0.1) is 0 Å². The van der Waals surface area contributed by atoms with E-state index in [1.807, 2.05) is 12.1 Å². The molecular weight excluding hydrogens is 368 g/mol. The lowest BCUT2D eigenvalue weighted by molar-refractivity contribution is 0.0697. The number of hydrogen-bond donors (Lipinski definition) is 1. The van der Waals surface area contributed by atoms with Gasteiger partial charge in [0.15, 0.2) is 0 Å². The lowest BCUT2D eigenvalue weighted by Gasteiger charge is -2.42. The van der Waals surface area contributed by atoms with E-state index in [9.17, 15) is 9.90 Å². The molecule has 0 unspecified atom stereocenters. The zero-order chi connectivity index (χ0) is 21.7. The first kappa shape index (κ1) is 20.9. The van der Waals surface area contributed by atoms with Crippen molar-refractivity contribution in [3.05, 3.63) is 75.4 Å². The van der Waals surface area contributed by atoms with Gasteiger partial charge in [-0.2, -0.15) is 0 Å². The van der Waals surface area contributed by atoms with E-state index in [0.717, 1.165) is 18.4 Å². The van der Waals surface area contributed by atoms with Gasteiger partial charge in [-0.3, -0.25) is 0 Å². The first-order valence-corrected chi connectivity index (χ1v) is 11.3. The second-order valence-electron chi connectivity index (χ2n) is 10.5. The van der Waals surface area contributed by atoms with Gasteiger partial charge in [0, 0.05) is 0 Å². The van der Waals surface area contributed by atoms with Crippen molar-refractivity contribution < 1.29 is 9.90 Å². The Labute approximate surface area is 181 Å². The van der Waals surface area contributed by atoms with E-state index < -0.39 is 5.97 Å². The smallest absolute Gasteiger partial charge is 0.335 e. The summed E-state index contributed by atoms with van der Waals surface area (Å²) in [6.45, 7) is 11.8. The third kappa shape index (κ3) is 3.62. The number of hydrogen-bond acceptors (Lipinski definition) is 1. The largest absolute Gasteiger partial charge is 0.478 e. The van der Waals surface area contributed by atoms with Gasteiger partial charge < -0.3 is 5.11 Å². The molecule has 1 N–H and O–H groups in total. The van der Waals surface area contributed by atoms with E-state index >= 15 is 0 Å². The topological polar surface area (TPSA) is 37.3 Å². The Morgan fingerprint density at radius 3 is 1.87 bits per heavy atom. The summed E-state index contributed by atoms with van der Waals surface area (Å²) in [5.74, 6) is -0.870. The van der Waals surface area contributed by atoms with Crippen LogP contribution >= 0.6 is 0 Å². The molecule has 2 aliphatic carbocycles. The molecule has 0 radical (unpaired) electrons. The standard InChI is InChI=1S/C28H34O2/c1-18-16-23-24(28(4,5)15-14-27(23,2)3)17-22(18)25(19-8-6-7-9-19)20-10-12-21(13-11-20)26(29)30/h10-13,16-17H,6-9,14-15H2,1-5H3,(H,29,30). The van der Waals surface area contributed by atoms with Crippen LogP contribution in [0.1, 0.15) is 104 Å². The maximum Gasteiger partial charge on any atom is 0.335 e. The number of rotatable bonds is 3. The van der Waals surface area contributed by atoms with Gasteiger partial charge in [0.1, 0.15) is 0 Å². The molecule has 1 saturated carbocycles. The van der Waals surface area contributed by atoms with Crippen molar-refractivity contribution in [1.82, 2.24) is 0 Å². The lowest BCUT2D eigenvalue weighted by atomic mass is 9.62. The van der Waals surface area contributed by atoms with Crippen molar-refractivity contribution >= 4 is 11.5 Å². The molecule has 2 aromatic carbocycles. The van der Waals surface area contributed by atoms with Crippen LogP contribution in [0.25, 0.3) is 5.57 Å². The number of aromatic carboxylic acids is 1. The number of allylic oxidation sites excluding steroid dienone is 1. The minimum absolute atomic E-state index is 0.173. The highest BCUT2D eigenvalue weighted by Gasteiger charge is 2.37. The monoisotopic (exact) mass is 402 g/mol. The second-order valence-corrected chi connectivity index (χ2v) is 10.5. The fourth-order valence-electron chi connectivity index (χ4n) is 5.37. The van der Waals surface area contributed by atoms with Crippen molar-refractivity contribution in [2.75, 3.05) is 0 Å². The third-order valence-electron chi connectivity index (χ3n) is 7.45. The number of aryl methyl sites for hydroxylation is 1. The van der Waals surface area contributed by atoms with Gasteiger partial charge in [-0.05, 0) is 102 Å². The predicted octanol–water partition coefficient (Wildman–Crippen LogP) is 7.42. The van der Waals surface area contributed by atoms with Crippen LogP contribution in [0.15, 0.2) is 42.0 Å². The number of carboxylic acids is 1. The molecule has 0 heterocycles. The minimum Gasteiger partial charge on any atom is -0.478 e. The van der Waals surface area contributed by atoms with Crippen LogP contribution in [0.4, 0.5) is 0 Å². The van der Waals surface area contributed by atoms with Crippen LogP contribution in [0.3, 0.4) is 0 Å². The van der Waals surface area contributed by atoms with Crippen molar-refractivity contribution in [1.29, 1.82) is 0 Å². The number of carbonyl (C=O) groups is 1. The Bertz CT molecular complexity index is 1010. The van der Waals surface area contributed by atoms with E-state index in [-0.39, 0.29) is 10.8 Å². The quantitative estimate of drug-likeness (QED) is 0.580. The molecule has 0 spiro atoms. The maximum atomic E-state index is 11.3. The first-order valence-electron chi connectivity index (χ1n) is 11.3. The average Bonchev–Trinajstić information content (AvgIpc) is 3.21. The summed E-state index contributed by atoms with van der Waals surface area (Å²) in [6.07, 6.45) is 7.19. The number of fused-ring (bicyclic) bond motifs is 1. The van der Waals surface area contributed by atoms with Gasteiger partial charge in [0.05, 0.1) is 5.56 Å². The molecule has 2 aliphatic rings. The Kier molecular flexibility index (Phi) is 5.16. The summed E-state index contributed by atoms with van der Waals surface area (Å²) in [4.78, 5) is 11.3. The van der Waals surface area contributed by atoms with Gasteiger partial charge in [-0.25, -0.2) is 4.79 Å². The van der Waals surface area contributed by atoms with Crippen LogP contribution < -0.4 is 0 Å². The van der Waals surface area contributed by atoms with Gasteiger partial charge in [-0.1, -0.05) is 57.5 Å². The van der Waals surface area contributed by atoms with Gasteiger partial charge >= 0.3 is 5.97 Å². The summed E-state index contributed by atoms with van der Waals surface area (Å²) in [6, 6.07) is 12.4. The summed E-state index contributed by atoms with van der Waals surface area (Å²) < 4.78 is 0. The molecule has 4 rings (SSSR count). The third-order valence-corrected chi connectivity index (χ3v) is 7.45. The van der Waals surface area contributed by atoms with Crippen LogP contribution in [-0.2, 0) is 10.8 Å². The Morgan fingerprint density at radius 2 is 1.33 bits per heavy atom. The van der Waals surface area contributed by atoms with Gasteiger partial charge in [0.25, 0.3) is 0 Å². The normalized spacial score (nSPS) is 19.4. The SMILES string of the molecule is Cc1cc2c(cc1C(=C1CCCC1)c1ccc(C(=O)O)cc1)C(C)(C)CCC2(C)C. The highest BCUT2D eigenvalue weighted by molar-refractivity contribution is 5.90. The molecule has 0 aromatic heterocycles. The molecule has 2 aromatic rings. The molecule has 2 heteroatoms. The van der Waals surface area contributed by atoms with E-state index in [4.69, 9.17) is 0 Å². The summed E-state index contributed by atoms with van der Waals surface area (Å²) in [5.41, 5.74) is 10.4. The van der Waals surface area contributed by atoms with Crippen molar-refractivity contribution in [2.24, 2.45) is 0 Å². The summed E-state index contributed by atoms with van der Waals surface area (Å²) in [7, 11) is 0. The zero-order valence-corrected chi connectivity index (χ0v) is 19.1. The predicted molar refractivity (Wildman–Crippen MR) is 124 cm³/mol. The zero-order valence-electron chi connectivity index (χ0n) is 19.1. The van der Waals surface area contributed by atoms with Crippen LogP contribution in [-0.4, -0.2) is 11.1 Å². The van der Waals surface area contributed by atoms with Crippen molar-refractivity contribution in [3.63, 3.8) is 0 Å². The molecule has 0 amide bonds. The van der Waals surface area contributed by atoms with Crippen molar-refractivity contribution in [2.45, 2.75) is 84.0 Å². The fraction of sp³-hybridized carbons (Fsp3) is 0.464. The lowest BCUT2D eigenvalue weighted by Crippen LogP contribution is -2.34. The molecule has 158 valence electrons. The molecule has 0 atom stereocenters.